The fourth-order valence-corrected chi connectivity index (χ4v) is 0.889. The lowest BCUT2D eigenvalue weighted by molar-refractivity contribution is 0.170. The summed E-state index contributed by atoms with van der Waals surface area (Å²) >= 11 is 0. The zero-order valence-electron chi connectivity index (χ0n) is 6.35. The minimum absolute atomic E-state index is 0.00787. The molecule has 1 aliphatic rings. The van der Waals surface area contributed by atoms with Crippen molar-refractivity contribution >= 4 is 6.03 Å². The molecule has 58 valence electrons. The van der Waals surface area contributed by atoms with Crippen molar-refractivity contribution in [3.05, 3.63) is 0 Å². The van der Waals surface area contributed by atoms with E-state index in [4.69, 9.17) is 0 Å². The molecule has 1 aliphatic heterocycles. The second-order valence-electron chi connectivity index (χ2n) is 2.48. The molecule has 4 heteroatoms. The summed E-state index contributed by atoms with van der Waals surface area (Å²) < 4.78 is 0. The third-order valence-corrected chi connectivity index (χ3v) is 1.84. The Morgan fingerprint density at radius 3 is 2.60 bits per heavy atom. The number of hydrogen-bond donors (Lipinski definition) is 2. The van der Waals surface area contributed by atoms with Crippen molar-refractivity contribution in [2.24, 2.45) is 0 Å². The highest BCUT2D eigenvalue weighted by Crippen LogP contribution is 2.00. The number of likely N-dealkylation sites (N-methyl/N-ethyl adjacent to an activating group) is 1. The Morgan fingerprint density at radius 1 is 1.70 bits per heavy atom. The molecule has 0 unspecified atom stereocenters. The van der Waals surface area contributed by atoms with Gasteiger partial charge in [0.15, 0.2) is 0 Å². The standard InChI is InChI=1S/C6H13N3O/c1-7-6(10)9(2)5-3-8-4-5/h5,8H,3-4H2,1-2H3,(H,7,10). The molecule has 1 fully saturated rings. The van der Waals surface area contributed by atoms with Gasteiger partial charge in [-0.3, -0.25) is 0 Å². The van der Waals surface area contributed by atoms with Crippen LogP contribution < -0.4 is 10.6 Å². The molecule has 10 heavy (non-hydrogen) atoms. The predicted octanol–water partition coefficient (Wildman–Crippen LogP) is -0.771. The maximum Gasteiger partial charge on any atom is 0.317 e. The molecule has 2 N–H and O–H groups in total. The molecule has 0 spiro atoms. The van der Waals surface area contributed by atoms with Crippen LogP contribution in [-0.2, 0) is 0 Å². The summed E-state index contributed by atoms with van der Waals surface area (Å²) in [5.41, 5.74) is 0. The second kappa shape index (κ2) is 2.88. The van der Waals surface area contributed by atoms with E-state index in [9.17, 15) is 4.79 Å². The van der Waals surface area contributed by atoms with Gasteiger partial charge in [-0.15, -0.1) is 0 Å². The van der Waals surface area contributed by atoms with Gasteiger partial charge in [0.25, 0.3) is 0 Å². The topological polar surface area (TPSA) is 44.4 Å². The van der Waals surface area contributed by atoms with E-state index >= 15 is 0 Å². The molecular weight excluding hydrogens is 130 g/mol. The van der Waals surface area contributed by atoms with E-state index in [1.54, 1.807) is 11.9 Å². The lowest BCUT2D eigenvalue weighted by Crippen LogP contribution is -2.58. The first-order valence-electron chi connectivity index (χ1n) is 3.41. The van der Waals surface area contributed by atoms with Gasteiger partial charge in [-0.05, 0) is 0 Å². The first-order valence-corrected chi connectivity index (χ1v) is 3.41. The van der Waals surface area contributed by atoms with Gasteiger partial charge in [0.1, 0.15) is 0 Å². The molecule has 0 aromatic rings. The zero-order valence-corrected chi connectivity index (χ0v) is 6.35. The molecule has 1 heterocycles. The summed E-state index contributed by atoms with van der Waals surface area (Å²) in [4.78, 5) is 12.7. The Balaban J connectivity index is 2.31. The minimum atomic E-state index is -0.00787. The smallest absolute Gasteiger partial charge is 0.317 e. The SMILES string of the molecule is CNC(=O)N(C)C1CNC1. The summed E-state index contributed by atoms with van der Waals surface area (Å²) in [6.07, 6.45) is 0. The van der Waals surface area contributed by atoms with E-state index in [-0.39, 0.29) is 6.03 Å². The van der Waals surface area contributed by atoms with Gasteiger partial charge in [-0.2, -0.15) is 0 Å². The molecule has 1 saturated heterocycles. The average Bonchev–Trinajstić information content (AvgIpc) is 1.82. The van der Waals surface area contributed by atoms with Gasteiger partial charge < -0.3 is 15.5 Å². The van der Waals surface area contributed by atoms with Crippen LogP contribution in [0.15, 0.2) is 0 Å². The number of nitrogens with zero attached hydrogens (tertiary/aromatic N) is 1. The van der Waals surface area contributed by atoms with Crippen LogP contribution in [0.25, 0.3) is 0 Å². The quantitative estimate of drug-likeness (QED) is 0.506. The highest BCUT2D eigenvalue weighted by Gasteiger charge is 2.24. The summed E-state index contributed by atoms with van der Waals surface area (Å²) in [5.74, 6) is 0. The van der Waals surface area contributed by atoms with Crippen molar-refractivity contribution in [2.45, 2.75) is 6.04 Å². The number of urea groups is 1. The van der Waals surface area contributed by atoms with E-state index in [1.165, 1.54) is 0 Å². The van der Waals surface area contributed by atoms with Gasteiger partial charge in [0.05, 0.1) is 6.04 Å². The Bertz CT molecular complexity index is 133. The van der Waals surface area contributed by atoms with Gasteiger partial charge in [-0.1, -0.05) is 0 Å². The fourth-order valence-electron chi connectivity index (χ4n) is 0.889. The van der Waals surface area contributed by atoms with Crippen LogP contribution in [0.1, 0.15) is 0 Å². The van der Waals surface area contributed by atoms with E-state index in [0.29, 0.717) is 6.04 Å². The van der Waals surface area contributed by atoms with Crippen molar-refractivity contribution in [3.8, 4) is 0 Å². The van der Waals surface area contributed by atoms with Crippen molar-refractivity contribution in [1.82, 2.24) is 15.5 Å². The Hall–Kier alpha value is -0.770. The third kappa shape index (κ3) is 1.21. The van der Waals surface area contributed by atoms with Gasteiger partial charge in [0, 0.05) is 27.2 Å². The van der Waals surface area contributed by atoms with E-state index in [2.05, 4.69) is 10.6 Å². The van der Waals surface area contributed by atoms with E-state index in [1.807, 2.05) is 7.05 Å². The van der Waals surface area contributed by atoms with Crippen molar-refractivity contribution in [2.75, 3.05) is 27.2 Å². The van der Waals surface area contributed by atoms with Gasteiger partial charge >= 0.3 is 6.03 Å². The third-order valence-electron chi connectivity index (χ3n) is 1.84. The van der Waals surface area contributed by atoms with Crippen LogP contribution in [0.3, 0.4) is 0 Å². The maximum atomic E-state index is 10.9. The summed E-state index contributed by atoms with van der Waals surface area (Å²) in [7, 11) is 3.45. The van der Waals surface area contributed by atoms with E-state index < -0.39 is 0 Å². The zero-order chi connectivity index (χ0) is 7.56. The first-order chi connectivity index (χ1) is 4.75. The summed E-state index contributed by atoms with van der Waals surface area (Å²) in [6, 6.07) is 0.381. The van der Waals surface area contributed by atoms with Crippen molar-refractivity contribution in [1.29, 1.82) is 0 Å². The molecule has 0 atom stereocenters. The second-order valence-corrected chi connectivity index (χ2v) is 2.48. The number of carbonyl (C=O) groups excluding carboxylic acids is 1. The number of rotatable bonds is 1. The Kier molecular flexibility index (Phi) is 2.11. The summed E-state index contributed by atoms with van der Waals surface area (Å²) in [5, 5.41) is 5.67. The molecule has 2 amide bonds. The number of nitrogens with one attached hydrogen (secondary N) is 2. The van der Waals surface area contributed by atoms with Crippen LogP contribution in [0, 0.1) is 0 Å². The summed E-state index contributed by atoms with van der Waals surface area (Å²) in [6.45, 7) is 1.84. The molecule has 0 bridgehead atoms. The lowest BCUT2D eigenvalue weighted by atomic mass is 10.1. The van der Waals surface area contributed by atoms with Crippen molar-refractivity contribution in [3.63, 3.8) is 0 Å². The maximum absolute atomic E-state index is 10.9. The fraction of sp³-hybridized carbons (Fsp3) is 0.833. The molecule has 0 aromatic heterocycles. The monoisotopic (exact) mass is 143 g/mol. The number of hydrogen-bond acceptors (Lipinski definition) is 2. The molecule has 4 nitrogen and oxygen atoms in total. The van der Waals surface area contributed by atoms with Crippen LogP contribution in [0.2, 0.25) is 0 Å². The van der Waals surface area contributed by atoms with Crippen LogP contribution in [0.5, 0.6) is 0 Å². The highest BCUT2D eigenvalue weighted by molar-refractivity contribution is 5.74. The number of carbonyl (C=O) groups is 1. The average molecular weight is 143 g/mol. The molecular formula is C6H13N3O. The Morgan fingerprint density at radius 2 is 2.30 bits per heavy atom. The molecule has 0 aliphatic carbocycles. The minimum Gasteiger partial charge on any atom is -0.341 e. The van der Waals surface area contributed by atoms with Gasteiger partial charge in [0.2, 0.25) is 0 Å². The molecule has 1 rings (SSSR count). The van der Waals surface area contributed by atoms with Crippen molar-refractivity contribution < 1.29 is 4.79 Å². The number of amides is 2. The van der Waals surface area contributed by atoms with E-state index in [0.717, 1.165) is 13.1 Å². The largest absolute Gasteiger partial charge is 0.341 e. The molecule has 0 aromatic carbocycles. The lowest BCUT2D eigenvalue weighted by Gasteiger charge is -2.35. The van der Waals surface area contributed by atoms with Crippen LogP contribution in [0.4, 0.5) is 4.79 Å². The first kappa shape index (κ1) is 7.34. The highest BCUT2D eigenvalue weighted by atomic mass is 16.2. The van der Waals surface area contributed by atoms with Crippen LogP contribution in [-0.4, -0.2) is 44.2 Å². The molecule has 0 radical (unpaired) electrons. The molecule has 0 saturated carbocycles. The Labute approximate surface area is 60.6 Å². The predicted molar refractivity (Wildman–Crippen MR) is 38.9 cm³/mol. The van der Waals surface area contributed by atoms with Gasteiger partial charge in [-0.25, -0.2) is 4.79 Å². The van der Waals surface area contributed by atoms with Crippen LogP contribution >= 0.6 is 0 Å². The normalized spacial score (nSPS) is 17.8.